The molecule has 1 amide bonds. The van der Waals surface area contributed by atoms with E-state index in [1.165, 1.54) is 12.2 Å². The average molecular weight is 358 g/mol. The van der Waals surface area contributed by atoms with Gasteiger partial charge in [0.25, 0.3) is 0 Å². The van der Waals surface area contributed by atoms with E-state index >= 15 is 0 Å². The highest BCUT2D eigenvalue weighted by atomic mass is 79.9. The highest BCUT2D eigenvalue weighted by Crippen LogP contribution is 2.15. The summed E-state index contributed by atoms with van der Waals surface area (Å²) in [5.41, 5.74) is 2.38. The second kappa shape index (κ2) is 7.71. The maximum atomic E-state index is 12.0. The summed E-state index contributed by atoms with van der Waals surface area (Å²) in [4.78, 5) is 23.9. The highest BCUT2D eigenvalue weighted by Gasteiger charge is 2.05. The van der Waals surface area contributed by atoms with E-state index in [9.17, 15) is 9.59 Å². The minimum absolute atomic E-state index is 0.202. The lowest BCUT2D eigenvalue weighted by Crippen LogP contribution is -2.10. The molecule has 0 spiro atoms. The van der Waals surface area contributed by atoms with Crippen LogP contribution in [-0.2, 0) is 11.2 Å². The zero-order valence-corrected chi connectivity index (χ0v) is 13.8. The summed E-state index contributed by atoms with van der Waals surface area (Å²) >= 11 is 3.31. The molecule has 0 bridgehead atoms. The third-order valence-corrected chi connectivity index (χ3v) is 3.70. The Morgan fingerprint density at radius 1 is 1.05 bits per heavy atom. The molecular formula is C18H16BrNO2. The van der Waals surface area contributed by atoms with Crippen molar-refractivity contribution in [2.45, 2.75) is 13.3 Å². The number of benzene rings is 2. The molecule has 3 nitrogen and oxygen atoms in total. The standard InChI is InChI=1S/C18H16BrNO2/c1-2-13-5-3-4-6-16(13)20-18(22)12-11-17(21)14-7-9-15(19)10-8-14/h3-12H,2H2,1H3,(H,20,22)/b12-11+. The summed E-state index contributed by atoms with van der Waals surface area (Å²) in [6.07, 6.45) is 3.38. The number of rotatable bonds is 5. The van der Waals surface area contributed by atoms with Crippen LogP contribution in [0.2, 0.25) is 0 Å². The van der Waals surface area contributed by atoms with E-state index in [1.807, 2.05) is 31.2 Å². The van der Waals surface area contributed by atoms with Gasteiger partial charge in [0.2, 0.25) is 5.91 Å². The van der Waals surface area contributed by atoms with Crippen LogP contribution in [0.15, 0.2) is 65.2 Å². The van der Waals surface area contributed by atoms with Crippen molar-refractivity contribution in [1.82, 2.24) is 0 Å². The van der Waals surface area contributed by atoms with Crippen LogP contribution in [0.3, 0.4) is 0 Å². The van der Waals surface area contributed by atoms with Gasteiger partial charge in [-0.3, -0.25) is 9.59 Å². The van der Waals surface area contributed by atoms with Crippen LogP contribution in [0, 0.1) is 0 Å². The lowest BCUT2D eigenvalue weighted by Gasteiger charge is -2.07. The van der Waals surface area contributed by atoms with Crippen LogP contribution in [0.1, 0.15) is 22.8 Å². The predicted octanol–water partition coefficient (Wildman–Crippen LogP) is 4.39. The van der Waals surface area contributed by atoms with Gasteiger partial charge in [-0.1, -0.05) is 41.1 Å². The van der Waals surface area contributed by atoms with E-state index in [0.717, 1.165) is 22.1 Å². The van der Waals surface area contributed by atoms with Gasteiger partial charge < -0.3 is 5.32 Å². The third kappa shape index (κ3) is 4.40. The number of ketones is 1. The molecule has 0 radical (unpaired) electrons. The predicted molar refractivity (Wildman–Crippen MR) is 92.1 cm³/mol. The average Bonchev–Trinajstić information content (AvgIpc) is 2.54. The van der Waals surface area contributed by atoms with Gasteiger partial charge in [-0.25, -0.2) is 0 Å². The largest absolute Gasteiger partial charge is 0.322 e. The zero-order valence-electron chi connectivity index (χ0n) is 12.2. The highest BCUT2D eigenvalue weighted by molar-refractivity contribution is 9.10. The Balaban J connectivity index is 2.02. The van der Waals surface area contributed by atoms with Crippen LogP contribution >= 0.6 is 15.9 Å². The van der Waals surface area contributed by atoms with E-state index in [1.54, 1.807) is 24.3 Å². The van der Waals surface area contributed by atoms with E-state index in [-0.39, 0.29) is 11.7 Å². The first kappa shape index (κ1) is 16.2. The Morgan fingerprint density at radius 3 is 2.41 bits per heavy atom. The molecular weight excluding hydrogens is 342 g/mol. The fourth-order valence-electron chi connectivity index (χ4n) is 1.99. The minimum Gasteiger partial charge on any atom is -0.322 e. The number of amides is 1. The summed E-state index contributed by atoms with van der Waals surface area (Å²) in [5, 5.41) is 2.79. The number of hydrogen-bond donors (Lipinski definition) is 1. The Labute approximate surface area is 138 Å². The van der Waals surface area contributed by atoms with Crippen molar-refractivity contribution in [1.29, 1.82) is 0 Å². The molecule has 0 aliphatic heterocycles. The van der Waals surface area contributed by atoms with Crippen molar-refractivity contribution in [3.05, 3.63) is 76.3 Å². The number of halogens is 1. The van der Waals surface area contributed by atoms with Crippen LogP contribution in [-0.4, -0.2) is 11.7 Å². The number of anilines is 1. The topological polar surface area (TPSA) is 46.2 Å². The molecule has 1 N–H and O–H groups in total. The normalized spacial score (nSPS) is 10.6. The molecule has 0 saturated carbocycles. The number of para-hydroxylation sites is 1. The molecule has 0 unspecified atom stereocenters. The second-order valence-corrected chi connectivity index (χ2v) is 5.62. The molecule has 2 aromatic carbocycles. The lowest BCUT2D eigenvalue weighted by atomic mass is 10.1. The first-order valence-corrected chi connectivity index (χ1v) is 7.76. The van der Waals surface area contributed by atoms with E-state index in [4.69, 9.17) is 0 Å². The smallest absolute Gasteiger partial charge is 0.248 e. The van der Waals surface area contributed by atoms with Crippen molar-refractivity contribution in [3.63, 3.8) is 0 Å². The number of nitrogens with one attached hydrogen (secondary N) is 1. The fourth-order valence-corrected chi connectivity index (χ4v) is 2.25. The lowest BCUT2D eigenvalue weighted by molar-refractivity contribution is -0.111. The first-order valence-electron chi connectivity index (χ1n) is 6.97. The van der Waals surface area contributed by atoms with Gasteiger partial charge in [0, 0.05) is 21.8 Å². The maximum Gasteiger partial charge on any atom is 0.248 e. The molecule has 0 heterocycles. The van der Waals surface area contributed by atoms with Crippen molar-refractivity contribution in [3.8, 4) is 0 Å². The third-order valence-electron chi connectivity index (χ3n) is 3.17. The Kier molecular flexibility index (Phi) is 5.67. The minimum atomic E-state index is -0.314. The molecule has 0 saturated heterocycles. The number of carbonyl (C=O) groups excluding carboxylic acids is 2. The first-order chi connectivity index (χ1) is 10.6. The van der Waals surface area contributed by atoms with Gasteiger partial charge in [0.05, 0.1) is 0 Å². The summed E-state index contributed by atoms with van der Waals surface area (Å²) < 4.78 is 0.905. The van der Waals surface area contributed by atoms with Crippen LogP contribution in [0.5, 0.6) is 0 Å². The van der Waals surface area contributed by atoms with E-state index in [0.29, 0.717) is 5.56 Å². The number of hydrogen-bond acceptors (Lipinski definition) is 2. The molecule has 112 valence electrons. The summed E-state index contributed by atoms with van der Waals surface area (Å²) in [5.74, 6) is -0.516. The fraction of sp³-hybridized carbons (Fsp3) is 0.111. The molecule has 0 aromatic heterocycles. The molecule has 2 rings (SSSR count). The van der Waals surface area contributed by atoms with Crippen LogP contribution in [0.4, 0.5) is 5.69 Å². The summed E-state index contributed by atoms with van der Waals surface area (Å²) in [7, 11) is 0. The van der Waals surface area contributed by atoms with Gasteiger partial charge in [-0.15, -0.1) is 0 Å². The van der Waals surface area contributed by atoms with E-state index < -0.39 is 0 Å². The summed E-state index contributed by atoms with van der Waals surface area (Å²) in [6.45, 7) is 2.03. The molecule has 0 aliphatic rings. The van der Waals surface area contributed by atoms with Gasteiger partial charge in [-0.05, 0) is 48.4 Å². The van der Waals surface area contributed by atoms with Crippen LogP contribution < -0.4 is 5.32 Å². The molecule has 2 aromatic rings. The number of allylic oxidation sites excluding steroid dienone is 1. The van der Waals surface area contributed by atoms with Crippen molar-refractivity contribution < 1.29 is 9.59 Å². The van der Waals surface area contributed by atoms with Gasteiger partial charge in [0.15, 0.2) is 5.78 Å². The number of carbonyl (C=O) groups is 2. The monoisotopic (exact) mass is 357 g/mol. The Hall–Kier alpha value is -2.20. The number of aryl methyl sites for hydroxylation is 1. The quantitative estimate of drug-likeness (QED) is 0.637. The van der Waals surface area contributed by atoms with Crippen LogP contribution in [0.25, 0.3) is 0 Å². The molecule has 22 heavy (non-hydrogen) atoms. The van der Waals surface area contributed by atoms with E-state index in [2.05, 4.69) is 21.2 Å². The van der Waals surface area contributed by atoms with Gasteiger partial charge in [-0.2, -0.15) is 0 Å². The molecule has 0 atom stereocenters. The van der Waals surface area contributed by atoms with Gasteiger partial charge in [0.1, 0.15) is 0 Å². The van der Waals surface area contributed by atoms with Crippen molar-refractivity contribution in [2.75, 3.05) is 5.32 Å². The van der Waals surface area contributed by atoms with Crippen molar-refractivity contribution >= 4 is 33.3 Å². The Bertz CT molecular complexity index is 705. The second-order valence-electron chi connectivity index (χ2n) is 4.70. The molecule has 0 aliphatic carbocycles. The maximum absolute atomic E-state index is 12.0. The Morgan fingerprint density at radius 2 is 1.73 bits per heavy atom. The molecule has 0 fully saturated rings. The van der Waals surface area contributed by atoms with Crippen molar-refractivity contribution in [2.24, 2.45) is 0 Å². The zero-order chi connectivity index (χ0) is 15.9. The van der Waals surface area contributed by atoms with Gasteiger partial charge >= 0.3 is 0 Å². The summed E-state index contributed by atoms with van der Waals surface area (Å²) in [6, 6.07) is 14.6. The molecule has 4 heteroatoms. The SMILES string of the molecule is CCc1ccccc1NC(=O)/C=C/C(=O)c1ccc(Br)cc1.